The van der Waals surface area contributed by atoms with E-state index in [1.54, 1.807) is 12.3 Å². The molecule has 0 amide bonds. The van der Waals surface area contributed by atoms with E-state index in [2.05, 4.69) is 16.0 Å². The zero-order valence-electron chi connectivity index (χ0n) is 13.2. The summed E-state index contributed by atoms with van der Waals surface area (Å²) in [5, 5.41) is 10.2. The van der Waals surface area contributed by atoms with Crippen molar-refractivity contribution in [2.45, 2.75) is 13.3 Å². The maximum atomic E-state index is 13.8. The van der Waals surface area contributed by atoms with Crippen LogP contribution in [0.25, 0.3) is 10.9 Å². The third-order valence-corrected chi connectivity index (χ3v) is 4.46. The van der Waals surface area contributed by atoms with Crippen LogP contribution in [0.3, 0.4) is 0 Å². The van der Waals surface area contributed by atoms with E-state index in [9.17, 15) is 9.65 Å². The summed E-state index contributed by atoms with van der Waals surface area (Å²) < 4.78 is 13.8. The SMILES string of the molecule is Cc1ccc2c(c1C#N)CCN=C2c1cnc2c(F)cccc2c1. The monoisotopic (exact) mass is 315 g/mol. The first-order chi connectivity index (χ1) is 11.7. The van der Waals surface area contributed by atoms with Gasteiger partial charge in [0.05, 0.1) is 17.3 Å². The summed E-state index contributed by atoms with van der Waals surface area (Å²) in [6.45, 7) is 2.59. The molecule has 2 heterocycles. The lowest BCUT2D eigenvalue weighted by molar-refractivity contribution is 0.637. The molecule has 4 rings (SSSR count). The first kappa shape index (κ1) is 14.5. The molecule has 3 nitrogen and oxygen atoms in total. The largest absolute Gasteiger partial charge is 0.284 e. The lowest BCUT2D eigenvalue weighted by atomic mass is 9.88. The van der Waals surface area contributed by atoms with Crippen molar-refractivity contribution in [2.75, 3.05) is 6.54 Å². The quantitative estimate of drug-likeness (QED) is 0.683. The average Bonchev–Trinajstić information content (AvgIpc) is 2.61. The van der Waals surface area contributed by atoms with E-state index in [-0.39, 0.29) is 5.82 Å². The molecule has 0 unspecified atom stereocenters. The molecule has 0 saturated heterocycles. The van der Waals surface area contributed by atoms with Gasteiger partial charge in [0, 0.05) is 29.3 Å². The number of nitriles is 1. The molecule has 0 atom stereocenters. The number of hydrogen-bond acceptors (Lipinski definition) is 3. The minimum Gasteiger partial charge on any atom is -0.284 e. The van der Waals surface area contributed by atoms with Gasteiger partial charge in [-0.05, 0) is 36.6 Å². The molecule has 4 heteroatoms. The Morgan fingerprint density at radius 2 is 2.08 bits per heavy atom. The van der Waals surface area contributed by atoms with E-state index in [4.69, 9.17) is 0 Å². The van der Waals surface area contributed by atoms with Gasteiger partial charge in [-0.25, -0.2) is 4.39 Å². The predicted molar refractivity (Wildman–Crippen MR) is 91.8 cm³/mol. The van der Waals surface area contributed by atoms with Gasteiger partial charge >= 0.3 is 0 Å². The van der Waals surface area contributed by atoms with E-state index in [0.29, 0.717) is 12.1 Å². The smallest absolute Gasteiger partial charge is 0.149 e. The second kappa shape index (κ2) is 5.54. The van der Waals surface area contributed by atoms with Crippen molar-refractivity contribution in [3.05, 3.63) is 76.2 Å². The van der Waals surface area contributed by atoms with Gasteiger partial charge in [0.1, 0.15) is 11.3 Å². The Labute approximate surface area is 139 Å². The molecule has 24 heavy (non-hydrogen) atoms. The van der Waals surface area contributed by atoms with Gasteiger partial charge in [-0.1, -0.05) is 24.3 Å². The molecule has 1 aromatic heterocycles. The predicted octanol–water partition coefficient (Wildman–Crippen LogP) is 3.95. The highest BCUT2D eigenvalue weighted by Gasteiger charge is 2.20. The molecule has 116 valence electrons. The van der Waals surface area contributed by atoms with Crippen LogP contribution in [0.4, 0.5) is 4.39 Å². The van der Waals surface area contributed by atoms with E-state index < -0.39 is 0 Å². The first-order valence-electron chi connectivity index (χ1n) is 7.81. The Hall–Kier alpha value is -3.06. The summed E-state index contributed by atoms with van der Waals surface area (Å²) in [5.41, 5.74) is 5.77. The molecule has 0 N–H and O–H groups in total. The molecule has 0 aliphatic carbocycles. The lowest BCUT2D eigenvalue weighted by Crippen LogP contribution is -2.16. The van der Waals surface area contributed by atoms with Crippen molar-refractivity contribution < 1.29 is 4.39 Å². The highest BCUT2D eigenvalue weighted by molar-refractivity contribution is 6.15. The Morgan fingerprint density at radius 1 is 1.21 bits per heavy atom. The maximum absolute atomic E-state index is 13.8. The first-order valence-corrected chi connectivity index (χ1v) is 7.81. The Kier molecular flexibility index (Phi) is 3.35. The third kappa shape index (κ3) is 2.17. The molecule has 0 radical (unpaired) electrons. The van der Waals surface area contributed by atoms with Crippen LogP contribution in [0.5, 0.6) is 0 Å². The summed E-state index contributed by atoms with van der Waals surface area (Å²) in [4.78, 5) is 8.92. The third-order valence-electron chi connectivity index (χ3n) is 4.46. The lowest BCUT2D eigenvalue weighted by Gasteiger charge is -2.19. The summed E-state index contributed by atoms with van der Waals surface area (Å²) in [6.07, 6.45) is 2.42. The van der Waals surface area contributed by atoms with Crippen LogP contribution in [0.15, 0.2) is 47.6 Å². The van der Waals surface area contributed by atoms with Crippen LogP contribution < -0.4 is 0 Å². The van der Waals surface area contributed by atoms with Crippen LogP contribution >= 0.6 is 0 Å². The second-order valence-electron chi connectivity index (χ2n) is 5.91. The summed E-state index contributed by atoms with van der Waals surface area (Å²) in [5.74, 6) is -0.326. The van der Waals surface area contributed by atoms with Gasteiger partial charge in [0.25, 0.3) is 0 Å². The van der Waals surface area contributed by atoms with Gasteiger partial charge in [0.15, 0.2) is 0 Å². The van der Waals surface area contributed by atoms with Crippen molar-refractivity contribution in [3.8, 4) is 6.07 Å². The van der Waals surface area contributed by atoms with Crippen LogP contribution in [-0.2, 0) is 6.42 Å². The summed E-state index contributed by atoms with van der Waals surface area (Å²) >= 11 is 0. The normalized spacial score (nSPS) is 13.3. The van der Waals surface area contributed by atoms with Crippen LogP contribution in [0.1, 0.15) is 27.8 Å². The number of aliphatic imine (C=N–C) groups is 1. The van der Waals surface area contributed by atoms with E-state index >= 15 is 0 Å². The fourth-order valence-electron chi connectivity index (χ4n) is 3.27. The zero-order valence-corrected chi connectivity index (χ0v) is 13.2. The van der Waals surface area contributed by atoms with Crippen molar-refractivity contribution in [1.29, 1.82) is 5.26 Å². The molecular formula is C20H14FN3. The fraction of sp³-hybridized carbons (Fsp3) is 0.150. The molecular weight excluding hydrogens is 301 g/mol. The van der Waals surface area contributed by atoms with E-state index in [0.717, 1.165) is 45.3 Å². The number of aryl methyl sites for hydroxylation is 1. The number of nitrogens with zero attached hydrogens (tertiary/aromatic N) is 3. The minimum atomic E-state index is -0.326. The van der Waals surface area contributed by atoms with Gasteiger partial charge in [-0.15, -0.1) is 0 Å². The number of fused-ring (bicyclic) bond motifs is 2. The molecule has 0 spiro atoms. The van der Waals surface area contributed by atoms with Crippen molar-refractivity contribution in [3.63, 3.8) is 0 Å². The van der Waals surface area contributed by atoms with E-state index in [1.807, 2.05) is 31.2 Å². The van der Waals surface area contributed by atoms with Crippen LogP contribution in [-0.4, -0.2) is 17.2 Å². The molecule has 0 bridgehead atoms. The molecule has 0 fully saturated rings. The Balaban J connectivity index is 1.91. The number of pyridine rings is 1. The van der Waals surface area contributed by atoms with Gasteiger partial charge in [-0.3, -0.25) is 9.98 Å². The van der Waals surface area contributed by atoms with Gasteiger partial charge in [-0.2, -0.15) is 5.26 Å². The second-order valence-corrected chi connectivity index (χ2v) is 5.91. The minimum absolute atomic E-state index is 0.326. The van der Waals surface area contributed by atoms with Crippen molar-refractivity contribution in [2.24, 2.45) is 4.99 Å². The molecule has 2 aromatic carbocycles. The topological polar surface area (TPSA) is 49.0 Å². The number of halogens is 1. The summed E-state index contributed by atoms with van der Waals surface area (Å²) in [6, 6.07) is 13.1. The molecule has 1 aliphatic rings. The van der Waals surface area contributed by atoms with E-state index in [1.165, 1.54) is 6.07 Å². The standard InChI is InChI=1S/C20H14FN3/c1-12-5-6-16-15(17(12)10-22)7-8-23-19(16)14-9-13-3-2-4-18(21)20(13)24-11-14/h2-6,9,11H,7-8H2,1H3. The van der Waals surface area contributed by atoms with Crippen molar-refractivity contribution in [1.82, 2.24) is 4.98 Å². The highest BCUT2D eigenvalue weighted by atomic mass is 19.1. The fourth-order valence-corrected chi connectivity index (χ4v) is 3.27. The average molecular weight is 315 g/mol. The number of rotatable bonds is 1. The maximum Gasteiger partial charge on any atom is 0.149 e. The number of hydrogen-bond donors (Lipinski definition) is 0. The zero-order chi connectivity index (χ0) is 16.7. The van der Waals surface area contributed by atoms with Crippen molar-refractivity contribution >= 4 is 16.6 Å². The van der Waals surface area contributed by atoms with Gasteiger partial charge < -0.3 is 0 Å². The Bertz CT molecular complexity index is 1040. The highest BCUT2D eigenvalue weighted by Crippen LogP contribution is 2.27. The summed E-state index contributed by atoms with van der Waals surface area (Å²) in [7, 11) is 0. The molecule has 3 aromatic rings. The van der Waals surface area contributed by atoms with Crippen LogP contribution in [0, 0.1) is 24.1 Å². The van der Waals surface area contributed by atoms with Gasteiger partial charge in [0.2, 0.25) is 0 Å². The number of aromatic nitrogens is 1. The molecule has 1 aliphatic heterocycles. The molecule has 0 saturated carbocycles. The van der Waals surface area contributed by atoms with Crippen LogP contribution in [0.2, 0.25) is 0 Å². The number of benzene rings is 2. The Morgan fingerprint density at radius 3 is 2.92 bits per heavy atom. The number of para-hydroxylation sites is 1.